The Morgan fingerprint density at radius 2 is 1.74 bits per heavy atom. The number of phenols is 1. The number of carbonyl (C=O) groups is 1. The monoisotopic (exact) mass is 306 g/mol. The average Bonchev–Trinajstić information content (AvgIpc) is 2.83. The summed E-state index contributed by atoms with van der Waals surface area (Å²) >= 11 is 0. The summed E-state index contributed by atoms with van der Waals surface area (Å²) in [5.74, 6) is 0.399. The van der Waals surface area contributed by atoms with E-state index in [1.807, 2.05) is 39.0 Å². The molecule has 0 fully saturated rings. The summed E-state index contributed by atoms with van der Waals surface area (Å²) in [4.78, 5) is 12.3. The highest BCUT2D eigenvalue weighted by Crippen LogP contribution is 2.27. The first-order valence-corrected chi connectivity index (χ1v) is 7.47. The summed E-state index contributed by atoms with van der Waals surface area (Å²) in [7, 11) is 0. The number of hydrogen-bond donors (Lipinski definition) is 1. The number of fused-ring (bicyclic) bond motifs is 1. The molecule has 0 saturated carbocycles. The van der Waals surface area contributed by atoms with Crippen LogP contribution >= 0.6 is 0 Å². The number of hydrogen-bond acceptors (Lipinski definition) is 3. The second kappa shape index (κ2) is 5.76. The summed E-state index contributed by atoms with van der Waals surface area (Å²) in [6.45, 7) is 5.86. The van der Waals surface area contributed by atoms with Crippen molar-refractivity contribution in [1.82, 2.24) is 0 Å². The molecule has 2 aromatic carbocycles. The first kappa shape index (κ1) is 15.1. The van der Waals surface area contributed by atoms with Crippen molar-refractivity contribution >= 4 is 22.8 Å². The molecule has 3 heteroatoms. The molecular formula is C20H18O3. The van der Waals surface area contributed by atoms with Crippen molar-refractivity contribution in [3.8, 4) is 5.75 Å². The fourth-order valence-electron chi connectivity index (χ4n) is 2.60. The van der Waals surface area contributed by atoms with Gasteiger partial charge >= 0.3 is 0 Å². The van der Waals surface area contributed by atoms with Gasteiger partial charge in [-0.2, -0.15) is 0 Å². The Kier molecular flexibility index (Phi) is 3.78. The van der Waals surface area contributed by atoms with Crippen LogP contribution in [0.2, 0.25) is 0 Å². The fraction of sp³-hybridized carbons (Fsp3) is 0.150. The van der Waals surface area contributed by atoms with Crippen molar-refractivity contribution < 1.29 is 14.3 Å². The Hall–Kier alpha value is -2.81. The van der Waals surface area contributed by atoms with E-state index in [-0.39, 0.29) is 11.5 Å². The third-order valence-electron chi connectivity index (χ3n) is 3.93. The minimum Gasteiger partial charge on any atom is -0.507 e. The van der Waals surface area contributed by atoms with Crippen molar-refractivity contribution in [2.45, 2.75) is 20.8 Å². The minimum atomic E-state index is -0.248. The highest BCUT2D eigenvalue weighted by Gasteiger charge is 2.11. The van der Waals surface area contributed by atoms with Crippen LogP contribution in [0.25, 0.3) is 17.0 Å². The van der Waals surface area contributed by atoms with Gasteiger partial charge in [0, 0.05) is 10.9 Å². The average molecular weight is 306 g/mol. The lowest BCUT2D eigenvalue weighted by molar-refractivity contribution is 0.104. The molecule has 0 aliphatic rings. The van der Waals surface area contributed by atoms with E-state index in [9.17, 15) is 9.90 Å². The quantitative estimate of drug-likeness (QED) is 0.549. The van der Waals surface area contributed by atoms with E-state index in [4.69, 9.17) is 4.42 Å². The molecule has 0 atom stereocenters. The predicted octanol–water partition coefficient (Wildman–Crippen LogP) is 4.96. The van der Waals surface area contributed by atoms with Crippen LogP contribution in [-0.2, 0) is 0 Å². The number of aryl methyl sites for hydroxylation is 3. The molecule has 0 spiro atoms. The van der Waals surface area contributed by atoms with Gasteiger partial charge in [0.25, 0.3) is 0 Å². The van der Waals surface area contributed by atoms with E-state index in [0.717, 1.165) is 27.7 Å². The lowest BCUT2D eigenvalue weighted by Crippen LogP contribution is -1.95. The maximum absolute atomic E-state index is 12.3. The Morgan fingerprint density at radius 3 is 2.52 bits per heavy atom. The maximum Gasteiger partial charge on any atom is 0.189 e. The molecule has 0 saturated heterocycles. The number of allylic oxidation sites excluding steroid dienone is 1. The normalized spacial score (nSPS) is 11.4. The number of ketones is 1. The highest BCUT2D eigenvalue weighted by atomic mass is 16.3. The Bertz CT molecular complexity index is 929. The Labute approximate surface area is 134 Å². The van der Waals surface area contributed by atoms with E-state index < -0.39 is 0 Å². The van der Waals surface area contributed by atoms with Crippen LogP contribution in [0.3, 0.4) is 0 Å². The summed E-state index contributed by atoms with van der Waals surface area (Å²) in [5, 5.41) is 10.9. The van der Waals surface area contributed by atoms with Gasteiger partial charge in [0.15, 0.2) is 5.78 Å². The van der Waals surface area contributed by atoms with Crippen LogP contribution in [0.1, 0.15) is 32.8 Å². The van der Waals surface area contributed by atoms with Crippen molar-refractivity contribution in [2.24, 2.45) is 0 Å². The van der Waals surface area contributed by atoms with Gasteiger partial charge in [-0.05, 0) is 56.7 Å². The smallest absolute Gasteiger partial charge is 0.189 e. The molecule has 0 aliphatic heterocycles. The molecule has 3 aromatic rings. The number of furan rings is 1. The lowest BCUT2D eigenvalue weighted by Gasteiger charge is -2.01. The van der Waals surface area contributed by atoms with Crippen LogP contribution in [0.4, 0.5) is 0 Å². The molecule has 3 rings (SSSR count). The van der Waals surface area contributed by atoms with E-state index >= 15 is 0 Å². The van der Waals surface area contributed by atoms with Crippen molar-refractivity contribution in [3.05, 3.63) is 70.5 Å². The van der Waals surface area contributed by atoms with Crippen molar-refractivity contribution in [3.63, 3.8) is 0 Å². The van der Waals surface area contributed by atoms with Crippen molar-refractivity contribution in [2.75, 3.05) is 0 Å². The van der Waals surface area contributed by atoms with E-state index in [2.05, 4.69) is 0 Å². The van der Waals surface area contributed by atoms with Gasteiger partial charge in [-0.1, -0.05) is 23.8 Å². The molecule has 1 aromatic heterocycles. The van der Waals surface area contributed by atoms with Gasteiger partial charge in [-0.25, -0.2) is 0 Å². The largest absolute Gasteiger partial charge is 0.507 e. The Balaban J connectivity index is 1.95. The standard InChI is InChI=1S/C20H18O3/c1-12-5-7-17(21)16(10-12)18(22)8-9-19-14(3)15-6-4-13(2)11-20(15)23-19/h4-11,21H,1-3H3. The number of carbonyl (C=O) groups excluding carboxylic acids is 1. The first-order chi connectivity index (χ1) is 11.0. The second-order valence-electron chi connectivity index (χ2n) is 5.81. The number of aromatic hydroxyl groups is 1. The maximum atomic E-state index is 12.3. The first-order valence-electron chi connectivity index (χ1n) is 7.47. The van der Waals surface area contributed by atoms with Gasteiger partial charge in [0.2, 0.25) is 0 Å². The minimum absolute atomic E-state index is 0.0118. The topological polar surface area (TPSA) is 50.4 Å². The molecule has 0 aliphatic carbocycles. The van der Waals surface area contributed by atoms with E-state index in [1.165, 1.54) is 12.1 Å². The van der Waals surface area contributed by atoms with Gasteiger partial charge < -0.3 is 9.52 Å². The summed E-state index contributed by atoms with van der Waals surface area (Å²) in [6.07, 6.45) is 3.10. The summed E-state index contributed by atoms with van der Waals surface area (Å²) < 4.78 is 5.82. The molecule has 1 heterocycles. The third-order valence-corrected chi connectivity index (χ3v) is 3.93. The number of phenolic OH excluding ortho intramolecular Hbond substituents is 1. The molecule has 0 amide bonds. The SMILES string of the molecule is Cc1ccc(O)c(C(=O)C=Cc2oc3cc(C)ccc3c2C)c1. The van der Waals surface area contributed by atoms with Gasteiger partial charge in [0.1, 0.15) is 17.1 Å². The third kappa shape index (κ3) is 2.90. The van der Waals surface area contributed by atoms with Crippen molar-refractivity contribution in [1.29, 1.82) is 0 Å². The van der Waals surface area contributed by atoms with Crippen LogP contribution in [-0.4, -0.2) is 10.9 Å². The van der Waals surface area contributed by atoms with Crippen LogP contribution < -0.4 is 0 Å². The lowest BCUT2D eigenvalue weighted by atomic mass is 10.1. The van der Waals surface area contributed by atoms with E-state index in [0.29, 0.717) is 11.3 Å². The predicted molar refractivity (Wildman–Crippen MR) is 91.9 cm³/mol. The molecule has 0 unspecified atom stereocenters. The molecule has 1 N–H and O–H groups in total. The van der Waals surface area contributed by atoms with Crippen LogP contribution in [0, 0.1) is 20.8 Å². The van der Waals surface area contributed by atoms with Crippen LogP contribution in [0.5, 0.6) is 5.75 Å². The number of benzene rings is 2. The molecular weight excluding hydrogens is 288 g/mol. The molecule has 0 bridgehead atoms. The fourth-order valence-corrected chi connectivity index (χ4v) is 2.60. The van der Waals surface area contributed by atoms with E-state index in [1.54, 1.807) is 18.2 Å². The summed E-state index contributed by atoms with van der Waals surface area (Å²) in [6, 6.07) is 11.0. The number of rotatable bonds is 3. The van der Waals surface area contributed by atoms with Crippen LogP contribution in [0.15, 0.2) is 46.9 Å². The molecule has 116 valence electrons. The zero-order chi connectivity index (χ0) is 16.6. The van der Waals surface area contributed by atoms with Gasteiger partial charge in [-0.15, -0.1) is 0 Å². The summed E-state index contributed by atoms with van der Waals surface area (Å²) in [5.41, 5.74) is 4.16. The second-order valence-corrected chi connectivity index (χ2v) is 5.81. The van der Waals surface area contributed by atoms with Gasteiger partial charge in [-0.3, -0.25) is 4.79 Å². The highest BCUT2D eigenvalue weighted by molar-refractivity contribution is 6.08. The Morgan fingerprint density at radius 1 is 1.04 bits per heavy atom. The zero-order valence-corrected chi connectivity index (χ0v) is 13.4. The molecule has 0 radical (unpaired) electrons. The molecule has 23 heavy (non-hydrogen) atoms. The van der Waals surface area contributed by atoms with Gasteiger partial charge in [0.05, 0.1) is 5.56 Å². The zero-order valence-electron chi connectivity index (χ0n) is 13.4. The molecule has 3 nitrogen and oxygen atoms in total.